The standard InChI is InChI=1S/C17H22Cl2Si/c1-16(2,3)12-15-17(4,13-20(15,18)19)11-10-14-8-6-5-7-9-14/h5-9,15H,12-13H2,1-4H3. The van der Waals surface area contributed by atoms with E-state index in [1.54, 1.807) is 0 Å². The van der Waals surface area contributed by atoms with Gasteiger partial charge in [-0.3, -0.25) is 0 Å². The minimum absolute atomic E-state index is 0.0289. The van der Waals surface area contributed by atoms with Gasteiger partial charge < -0.3 is 0 Å². The molecule has 1 fully saturated rings. The lowest BCUT2D eigenvalue weighted by atomic mass is 9.78. The molecule has 0 nitrogen and oxygen atoms in total. The Kier molecular flexibility index (Phi) is 4.31. The molecular weight excluding hydrogens is 303 g/mol. The fourth-order valence-corrected chi connectivity index (χ4v) is 9.71. The van der Waals surface area contributed by atoms with Crippen LogP contribution in [0.1, 0.15) is 39.7 Å². The highest BCUT2D eigenvalue weighted by atomic mass is 35.7. The monoisotopic (exact) mass is 324 g/mol. The summed E-state index contributed by atoms with van der Waals surface area (Å²) in [5.41, 5.74) is 1.63. The van der Waals surface area contributed by atoms with Gasteiger partial charge in [0.15, 0.2) is 0 Å². The second-order valence-corrected chi connectivity index (χ2v) is 14.5. The van der Waals surface area contributed by atoms with Crippen molar-refractivity contribution in [2.24, 2.45) is 10.8 Å². The van der Waals surface area contributed by atoms with E-state index in [1.807, 2.05) is 30.3 Å². The average molecular weight is 325 g/mol. The Morgan fingerprint density at radius 3 is 2.35 bits per heavy atom. The predicted octanol–water partition coefficient (Wildman–Crippen LogP) is 5.78. The minimum atomic E-state index is -2.12. The first kappa shape index (κ1) is 16.0. The molecule has 0 aliphatic carbocycles. The smallest absolute Gasteiger partial charge is 0.145 e. The largest absolute Gasteiger partial charge is 0.257 e. The van der Waals surface area contributed by atoms with Crippen molar-refractivity contribution in [2.45, 2.75) is 45.7 Å². The van der Waals surface area contributed by atoms with Gasteiger partial charge in [0.05, 0.1) is 0 Å². The van der Waals surface area contributed by atoms with E-state index in [0.717, 1.165) is 18.0 Å². The zero-order chi connectivity index (χ0) is 15.0. The summed E-state index contributed by atoms with van der Waals surface area (Å²) in [4.78, 5) is 0. The van der Waals surface area contributed by atoms with Crippen LogP contribution in [-0.2, 0) is 0 Å². The Balaban J connectivity index is 2.20. The van der Waals surface area contributed by atoms with Gasteiger partial charge in [-0.25, -0.2) is 0 Å². The fraction of sp³-hybridized carbons (Fsp3) is 0.529. The Labute approximate surface area is 133 Å². The average Bonchev–Trinajstić information content (AvgIpc) is 2.34. The third kappa shape index (κ3) is 3.61. The number of rotatable bonds is 1. The van der Waals surface area contributed by atoms with Crippen LogP contribution in [-0.4, -0.2) is 6.69 Å². The molecule has 0 saturated carbocycles. The maximum Gasteiger partial charge on any atom is 0.257 e. The molecule has 0 radical (unpaired) electrons. The molecule has 1 saturated heterocycles. The summed E-state index contributed by atoms with van der Waals surface area (Å²) in [5, 5.41) is 0. The lowest BCUT2D eigenvalue weighted by molar-refractivity contribution is 0.274. The van der Waals surface area contributed by atoms with Crippen LogP contribution in [0.15, 0.2) is 30.3 Å². The first-order valence-corrected chi connectivity index (χ1v) is 11.4. The second kappa shape index (κ2) is 5.41. The lowest BCUT2D eigenvalue weighted by Gasteiger charge is -2.53. The highest BCUT2D eigenvalue weighted by molar-refractivity contribution is 7.47. The van der Waals surface area contributed by atoms with Gasteiger partial charge in [-0.15, -0.1) is 22.2 Å². The quantitative estimate of drug-likeness (QED) is 0.348. The Morgan fingerprint density at radius 2 is 1.85 bits per heavy atom. The molecule has 0 aromatic heterocycles. The van der Waals surface area contributed by atoms with Crippen molar-refractivity contribution in [1.82, 2.24) is 0 Å². The van der Waals surface area contributed by atoms with Gasteiger partial charge in [-0.1, -0.05) is 50.8 Å². The number of benzene rings is 1. The van der Waals surface area contributed by atoms with Crippen molar-refractivity contribution in [3.8, 4) is 11.8 Å². The molecular formula is C17H22Cl2Si. The number of hydrogen-bond donors (Lipinski definition) is 0. The molecule has 0 spiro atoms. The SMILES string of the molecule is CC(C)(C)CC1C(C)(C#Cc2ccccc2)C[Si]1(Cl)Cl. The molecule has 0 N–H and O–H groups in total. The Morgan fingerprint density at radius 1 is 1.25 bits per heavy atom. The maximum atomic E-state index is 6.58. The van der Waals surface area contributed by atoms with Gasteiger partial charge in [0.1, 0.15) is 0 Å². The summed E-state index contributed by atoms with van der Waals surface area (Å²) in [6, 6.07) is 11.0. The first-order valence-electron chi connectivity index (χ1n) is 7.08. The van der Waals surface area contributed by atoms with Crippen molar-refractivity contribution in [2.75, 3.05) is 0 Å². The van der Waals surface area contributed by atoms with Crippen LogP contribution in [0.4, 0.5) is 0 Å². The Hall–Kier alpha value is -0.423. The van der Waals surface area contributed by atoms with Crippen LogP contribution < -0.4 is 0 Å². The van der Waals surface area contributed by atoms with Crippen LogP contribution in [0.3, 0.4) is 0 Å². The molecule has 0 amide bonds. The van der Waals surface area contributed by atoms with Crippen molar-refractivity contribution in [3.05, 3.63) is 35.9 Å². The third-order valence-electron chi connectivity index (χ3n) is 3.96. The molecule has 1 aliphatic heterocycles. The number of halogens is 2. The summed E-state index contributed by atoms with van der Waals surface area (Å²) in [5.74, 6) is 6.75. The fourth-order valence-electron chi connectivity index (χ4n) is 2.93. The summed E-state index contributed by atoms with van der Waals surface area (Å²) in [7, 11) is 0. The third-order valence-corrected chi connectivity index (χ3v) is 9.41. The van der Waals surface area contributed by atoms with Crippen LogP contribution in [0.2, 0.25) is 11.6 Å². The zero-order valence-electron chi connectivity index (χ0n) is 12.6. The molecule has 2 unspecified atom stereocenters. The summed E-state index contributed by atoms with van der Waals surface area (Å²) in [6.45, 7) is 6.83. The predicted molar refractivity (Wildman–Crippen MR) is 91.5 cm³/mol. The van der Waals surface area contributed by atoms with Crippen molar-refractivity contribution in [1.29, 1.82) is 0 Å². The van der Waals surface area contributed by atoms with Gasteiger partial charge in [0, 0.05) is 11.0 Å². The van der Waals surface area contributed by atoms with Crippen LogP contribution in [0.25, 0.3) is 0 Å². The number of hydrogen-bond acceptors (Lipinski definition) is 0. The topological polar surface area (TPSA) is 0 Å². The van der Waals surface area contributed by atoms with E-state index in [9.17, 15) is 0 Å². The van der Waals surface area contributed by atoms with Crippen LogP contribution >= 0.6 is 22.2 Å². The molecule has 108 valence electrons. The van der Waals surface area contributed by atoms with E-state index in [1.165, 1.54) is 0 Å². The molecule has 3 heteroatoms. The Bertz CT molecular complexity index is 534. The molecule has 1 aromatic carbocycles. The first-order chi connectivity index (χ1) is 9.12. The van der Waals surface area contributed by atoms with E-state index in [2.05, 4.69) is 39.5 Å². The molecule has 1 heterocycles. The highest BCUT2D eigenvalue weighted by Crippen LogP contribution is 2.64. The minimum Gasteiger partial charge on any atom is -0.145 e. The van der Waals surface area contributed by atoms with Crippen molar-refractivity contribution in [3.63, 3.8) is 0 Å². The van der Waals surface area contributed by atoms with E-state index < -0.39 is 6.69 Å². The second-order valence-electron chi connectivity index (χ2n) is 7.29. The lowest BCUT2D eigenvalue weighted by Crippen LogP contribution is -2.53. The van der Waals surface area contributed by atoms with E-state index in [-0.39, 0.29) is 10.8 Å². The molecule has 1 aromatic rings. The molecule has 2 atom stereocenters. The van der Waals surface area contributed by atoms with Gasteiger partial charge in [0.2, 0.25) is 0 Å². The molecule has 1 aliphatic rings. The van der Waals surface area contributed by atoms with Gasteiger partial charge >= 0.3 is 0 Å². The zero-order valence-corrected chi connectivity index (χ0v) is 15.1. The van der Waals surface area contributed by atoms with Gasteiger partial charge in [0.25, 0.3) is 6.69 Å². The normalized spacial score (nSPS) is 28.2. The van der Waals surface area contributed by atoms with Gasteiger partial charge in [-0.05, 0) is 42.5 Å². The van der Waals surface area contributed by atoms with Crippen LogP contribution in [0.5, 0.6) is 0 Å². The van der Waals surface area contributed by atoms with Crippen LogP contribution in [0, 0.1) is 22.7 Å². The molecule has 20 heavy (non-hydrogen) atoms. The van der Waals surface area contributed by atoms with Gasteiger partial charge in [-0.2, -0.15) is 0 Å². The van der Waals surface area contributed by atoms with E-state index in [0.29, 0.717) is 5.54 Å². The van der Waals surface area contributed by atoms with E-state index in [4.69, 9.17) is 22.2 Å². The summed E-state index contributed by atoms with van der Waals surface area (Å²) in [6.07, 6.45) is 1.05. The molecule has 2 rings (SSSR count). The summed E-state index contributed by atoms with van der Waals surface area (Å²) < 4.78 is 0. The maximum absolute atomic E-state index is 6.58. The summed E-state index contributed by atoms with van der Waals surface area (Å²) >= 11 is 13.2. The van der Waals surface area contributed by atoms with E-state index >= 15 is 0 Å². The van der Waals surface area contributed by atoms with Crippen molar-refractivity contribution >= 4 is 28.9 Å². The highest BCUT2D eigenvalue weighted by Gasteiger charge is 2.61. The molecule has 0 bridgehead atoms. The van der Waals surface area contributed by atoms with Crippen molar-refractivity contribution < 1.29 is 0 Å².